The topological polar surface area (TPSA) is 29.9 Å². The van der Waals surface area contributed by atoms with Gasteiger partial charge >= 0.3 is 0 Å². The summed E-state index contributed by atoms with van der Waals surface area (Å²) in [4.78, 5) is 0. The fourth-order valence-electron chi connectivity index (χ4n) is 2.45. The van der Waals surface area contributed by atoms with Gasteiger partial charge in [0.15, 0.2) is 0 Å². The third kappa shape index (κ3) is 2.59. The molecule has 15 heavy (non-hydrogen) atoms. The Morgan fingerprint density at radius 3 is 3.13 bits per heavy atom. The molecule has 1 N–H and O–H groups in total. The molecule has 0 bridgehead atoms. The normalized spacial score (nSPS) is 26.8. The van der Waals surface area contributed by atoms with Crippen LogP contribution in [0.25, 0.3) is 0 Å². The molecule has 2 atom stereocenters. The van der Waals surface area contributed by atoms with Gasteiger partial charge in [-0.05, 0) is 44.2 Å². The van der Waals surface area contributed by atoms with Gasteiger partial charge in [-0.2, -0.15) is 5.10 Å². The average Bonchev–Trinajstić information content (AvgIpc) is 2.63. The Kier molecular flexibility index (Phi) is 3.41. The van der Waals surface area contributed by atoms with Crippen LogP contribution in [0.3, 0.4) is 0 Å². The van der Waals surface area contributed by atoms with Crippen molar-refractivity contribution in [2.75, 3.05) is 6.54 Å². The maximum Gasteiger partial charge on any atom is 0.0492 e. The molecule has 0 saturated carbocycles. The molecule has 0 aromatic carbocycles. The van der Waals surface area contributed by atoms with Crippen molar-refractivity contribution in [3.8, 4) is 0 Å². The lowest BCUT2D eigenvalue weighted by Gasteiger charge is -2.30. The molecular formula is C12H21N3. The highest BCUT2D eigenvalue weighted by atomic mass is 15.2. The third-order valence-corrected chi connectivity index (χ3v) is 3.56. The molecule has 0 aliphatic carbocycles. The molecule has 2 rings (SSSR count). The van der Waals surface area contributed by atoms with Crippen molar-refractivity contribution in [1.29, 1.82) is 0 Å². The van der Waals surface area contributed by atoms with Gasteiger partial charge in [0.2, 0.25) is 0 Å². The fourth-order valence-corrected chi connectivity index (χ4v) is 2.45. The second-order valence-corrected chi connectivity index (χ2v) is 4.66. The maximum atomic E-state index is 4.20. The Labute approximate surface area is 91.9 Å². The van der Waals surface area contributed by atoms with Gasteiger partial charge in [0.05, 0.1) is 0 Å². The minimum atomic E-state index is 0.702. The zero-order valence-corrected chi connectivity index (χ0v) is 9.74. The second kappa shape index (κ2) is 4.79. The Morgan fingerprint density at radius 1 is 1.60 bits per heavy atom. The molecule has 0 spiro atoms. The van der Waals surface area contributed by atoms with E-state index in [-0.39, 0.29) is 0 Å². The van der Waals surface area contributed by atoms with Gasteiger partial charge in [-0.15, -0.1) is 0 Å². The number of hydrogen-bond donors (Lipinski definition) is 1. The van der Waals surface area contributed by atoms with E-state index in [0.717, 1.165) is 12.3 Å². The van der Waals surface area contributed by atoms with Crippen LogP contribution in [-0.4, -0.2) is 22.4 Å². The minimum absolute atomic E-state index is 0.702. The standard InChI is InChI=1S/C12H21N3/c1-10-4-3-8-13-12(10)6-5-11-7-9-14-15(11)2/h7,9-10,12-13H,3-6,8H2,1-2H3. The summed E-state index contributed by atoms with van der Waals surface area (Å²) in [6, 6.07) is 2.82. The van der Waals surface area contributed by atoms with Gasteiger partial charge in [0.25, 0.3) is 0 Å². The zero-order chi connectivity index (χ0) is 10.7. The van der Waals surface area contributed by atoms with Crippen LogP contribution < -0.4 is 5.32 Å². The van der Waals surface area contributed by atoms with E-state index in [1.165, 1.54) is 31.5 Å². The molecule has 1 fully saturated rings. The summed E-state index contributed by atoms with van der Waals surface area (Å²) in [5.74, 6) is 0.826. The van der Waals surface area contributed by atoms with Crippen molar-refractivity contribution < 1.29 is 0 Å². The van der Waals surface area contributed by atoms with E-state index in [2.05, 4.69) is 23.4 Å². The SMILES string of the molecule is CC1CCCNC1CCc1ccnn1C. The van der Waals surface area contributed by atoms with Crippen LogP contribution in [0, 0.1) is 5.92 Å². The smallest absolute Gasteiger partial charge is 0.0492 e. The predicted octanol–water partition coefficient (Wildman–Crippen LogP) is 1.74. The molecule has 2 unspecified atom stereocenters. The Morgan fingerprint density at radius 2 is 2.47 bits per heavy atom. The van der Waals surface area contributed by atoms with Gasteiger partial charge < -0.3 is 5.32 Å². The van der Waals surface area contributed by atoms with Crippen molar-refractivity contribution in [3.05, 3.63) is 18.0 Å². The van der Waals surface area contributed by atoms with Crippen molar-refractivity contribution in [3.63, 3.8) is 0 Å². The van der Waals surface area contributed by atoms with E-state index in [1.54, 1.807) is 0 Å². The monoisotopic (exact) mass is 207 g/mol. The molecule has 2 heterocycles. The van der Waals surface area contributed by atoms with E-state index in [0.29, 0.717) is 6.04 Å². The summed E-state index contributed by atoms with van der Waals surface area (Å²) in [6.07, 6.45) is 6.97. The number of hydrogen-bond acceptors (Lipinski definition) is 2. The van der Waals surface area contributed by atoms with Crippen LogP contribution >= 0.6 is 0 Å². The van der Waals surface area contributed by atoms with Gasteiger partial charge in [0, 0.05) is 25.0 Å². The van der Waals surface area contributed by atoms with Crippen molar-refractivity contribution >= 4 is 0 Å². The van der Waals surface area contributed by atoms with E-state index >= 15 is 0 Å². The first-order valence-corrected chi connectivity index (χ1v) is 5.97. The van der Waals surface area contributed by atoms with Crippen LogP contribution in [-0.2, 0) is 13.5 Å². The highest BCUT2D eigenvalue weighted by molar-refractivity contribution is 5.00. The number of nitrogens with zero attached hydrogens (tertiary/aromatic N) is 2. The third-order valence-electron chi connectivity index (χ3n) is 3.56. The van der Waals surface area contributed by atoms with Crippen molar-refractivity contribution in [1.82, 2.24) is 15.1 Å². The lowest BCUT2D eigenvalue weighted by atomic mass is 9.89. The van der Waals surface area contributed by atoms with Crippen LogP contribution in [0.5, 0.6) is 0 Å². The quantitative estimate of drug-likeness (QED) is 0.818. The first kappa shape index (κ1) is 10.7. The fraction of sp³-hybridized carbons (Fsp3) is 0.750. The maximum absolute atomic E-state index is 4.20. The summed E-state index contributed by atoms with van der Waals surface area (Å²) < 4.78 is 1.98. The van der Waals surface area contributed by atoms with Gasteiger partial charge in [-0.1, -0.05) is 6.92 Å². The number of nitrogens with one attached hydrogen (secondary N) is 1. The first-order valence-electron chi connectivity index (χ1n) is 5.97. The molecule has 1 aliphatic heterocycles. The molecule has 1 aliphatic rings. The van der Waals surface area contributed by atoms with E-state index < -0.39 is 0 Å². The number of rotatable bonds is 3. The van der Waals surface area contributed by atoms with Crippen LogP contribution in [0.4, 0.5) is 0 Å². The van der Waals surface area contributed by atoms with Gasteiger partial charge in [-0.25, -0.2) is 0 Å². The van der Waals surface area contributed by atoms with Gasteiger partial charge in [0.1, 0.15) is 0 Å². The molecule has 0 radical (unpaired) electrons. The number of aromatic nitrogens is 2. The van der Waals surface area contributed by atoms with E-state index in [4.69, 9.17) is 0 Å². The minimum Gasteiger partial charge on any atom is -0.314 e. The summed E-state index contributed by atoms with van der Waals surface area (Å²) in [5, 5.41) is 7.82. The lowest BCUT2D eigenvalue weighted by Crippen LogP contribution is -2.40. The largest absolute Gasteiger partial charge is 0.314 e. The Balaban J connectivity index is 1.84. The van der Waals surface area contributed by atoms with Crippen molar-refractivity contribution in [2.45, 2.75) is 38.6 Å². The first-order chi connectivity index (χ1) is 7.27. The summed E-state index contributed by atoms with van der Waals surface area (Å²) in [7, 11) is 2.02. The molecule has 0 amide bonds. The number of aryl methyl sites for hydroxylation is 2. The Hall–Kier alpha value is -0.830. The highest BCUT2D eigenvalue weighted by Gasteiger charge is 2.20. The molecule has 3 nitrogen and oxygen atoms in total. The highest BCUT2D eigenvalue weighted by Crippen LogP contribution is 2.19. The molecule has 1 aromatic heterocycles. The average molecular weight is 207 g/mol. The van der Waals surface area contributed by atoms with Crippen LogP contribution in [0.1, 0.15) is 31.9 Å². The zero-order valence-electron chi connectivity index (χ0n) is 9.74. The van der Waals surface area contributed by atoms with Gasteiger partial charge in [-0.3, -0.25) is 4.68 Å². The van der Waals surface area contributed by atoms with Crippen molar-refractivity contribution in [2.24, 2.45) is 13.0 Å². The van der Waals surface area contributed by atoms with Crippen LogP contribution in [0.2, 0.25) is 0 Å². The molecule has 1 aromatic rings. The van der Waals surface area contributed by atoms with E-state index in [1.807, 2.05) is 17.9 Å². The van der Waals surface area contributed by atoms with Crippen LogP contribution in [0.15, 0.2) is 12.3 Å². The molecular weight excluding hydrogens is 186 g/mol. The number of piperidine rings is 1. The lowest BCUT2D eigenvalue weighted by molar-refractivity contribution is 0.285. The predicted molar refractivity (Wildman–Crippen MR) is 61.7 cm³/mol. The molecule has 1 saturated heterocycles. The summed E-state index contributed by atoms with van der Waals surface area (Å²) in [6.45, 7) is 3.56. The Bertz CT molecular complexity index is 306. The molecule has 84 valence electrons. The molecule has 3 heteroatoms. The second-order valence-electron chi connectivity index (χ2n) is 4.66. The van der Waals surface area contributed by atoms with E-state index in [9.17, 15) is 0 Å². The summed E-state index contributed by atoms with van der Waals surface area (Å²) in [5.41, 5.74) is 1.34. The summed E-state index contributed by atoms with van der Waals surface area (Å²) >= 11 is 0.